The van der Waals surface area contributed by atoms with E-state index >= 15 is 0 Å². The number of carboxylic acids is 1. The number of phenols is 3. The number of hydrogen-bond acceptors (Lipinski definition) is 7. The van der Waals surface area contributed by atoms with E-state index in [9.17, 15) is 39.6 Å². The lowest BCUT2D eigenvalue weighted by molar-refractivity contribution is -0.140. The van der Waals surface area contributed by atoms with Crippen LogP contribution in [0.2, 0.25) is 0 Å². The Hall–Kier alpha value is -3.88. The lowest BCUT2D eigenvalue weighted by atomic mass is 9.82. The summed E-state index contributed by atoms with van der Waals surface area (Å²) in [4.78, 5) is 49.7. The summed E-state index contributed by atoms with van der Waals surface area (Å²) >= 11 is 0. The molecule has 0 aliphatic heterocycles. The van der Waals surface area contributed by atoms with Crippen molar-refractivity contribution in [3.63, 3.8) is 0 Å². The Morgan fingerprint density at radius 1 is 0.933 bits per heavy atom. The number of ketones is 2. The Balaban J connectivity index is 2.06. The molecule has 0 heterocycles. The molecule has 1 aliphatic rings. The Morgan fingerprint density at radius 2 is 1.50 bits per heavy atom. The van der Waals surface area contributed by atoms with Gasteiger partial charge in [-0.25, -0.2) is 4.79 Å². The molecule has 0 saturated heterocycles. The number of amides is 1. The fourth-order valence-electron chi connectivity index (χ4n) is 3.38. The summed E-state index contributed by atoms with van der Waals surface area (Å²) in [6, 6.07) is 2.74. The van der Waals surface area contributed by atoms with Crippen LogP contribution >= 0.6 is 0 Å². The average molecular weight is 413 g/mol. The van der Waals surface area contributed by atoms with Crippen molar-refractivity contribution in [2.24, 2.45) is 5.92 Å². The van der Waals surface area contributed by atoms with Crippen molar-refractivity contribution in [3.8, 4) is 17.2 Å². The quantitative estimate of drug-likeness (QED) is 0.423. The Bertz CT molecular complexity index is 1100. The summed E-state index contributed by atoms with van der Waals surface area (Å²) in [5.74, 6) is -5.79. The molecule has 3 rings (SSSR count). The van der Waals surface area contributed by atoms with Gasteiger partial charge in [-0.1, -0.05) is 20.3 Å². The number of rotatable bonds is 5. The SMILES string of the molecule is CC[C@H](C)[C@H](NC(=O)c1cc(O)c2c(c1)C(=O)c1cc(O)cc(O)c1C2=O)C(=O)O. The molecule has 156 valence electrons. The molecule has 1 amide bonds. The summed E-state index contributed by atoms with van der Waals surface area (Å²) in [5, 5.41) is 41.7. The van der Waals surface area contributed by atoms with Gasteiger partial charge in [-0.3, -0.25) is 14.4 Å². The maximum Gasteiger partial charge on any atom is 0.326 e. The molecule has 0 bridgehead atoms. The summed E-state index contributed by atoms with van der Waals surface area (Å²) in [5.41, 5.74) is -1.53. The second kappa shape index (κ2) is 7.51. The maximum absolute atomic E-state index is 12.9. The summed E-state index contributed by atoms with van der Waals surface area (Å²) in [6.07, 6.45) is 0.490. The van der Waals surface area contributed by atoms with Gasteiger partial charge < -0.3 is 25.7 Å². The first-order valence-corrected chi connectivity index (χ1v) is 9.12. The smallest absolute Gasteiger partial charge is 0.326 e. The third-order valence-electron chi connectivity index (χ3n) is 5.19. The van der Waals surface area contributed by atoms with Crippen LogP contribution in [0, 0.1) is 5.92 Å². The fraction of sp³-hybridized carbons (Fsp3) is 0.238. The van der Waals surface area contributed by atoms with Crippen molar-refractivity contribution in [1.29, 1.82) is 0 Å². The number of carbonyl (C=O) groups excluding carboxylic acids is 3. The molecule has 30 heavy (non-hydrogen) atoms. The number of fused-ring (bicyclic) bond motifs is 2. The average Bonchev–Trinajstić information content (AvgIpc) is 2.67. The molecule has 9 nitrogen and oxygen atoms in total. The Labute approximate surface area is 170 Å². The van der Waals surface area contributed by atoms with Gasteiger partial charge >= 0.3 is 5.97 Å². The molecule has 0 spiro atoms. The second-order valence-corrected chi connectivity index (χ2v) is 7.14. The van der Waals surface area contributed by atoms with Crippen LogP contribution < -0.4 is 5.32 Å². The first kappa shape index (κ1) is 20.8. The standard InChI is InChI=1S/C21H19NO8/c1-3-8(2)17(21(29)30)22-20(28)9-4-11-15(13(24)5-9)19(27)16-12(18(11)26)6-10(23)7-14(16)25/h4-8,17,23-25H,3H2,1-2H3,(H,22,28)(H,29,30)/t8-,17-/m0/s1. The molecule has 2 aromatic rings. The minimum absolute atomic E-state index is 0.213. The van der Waals surface area contributed by atoms with Crippen LogP contribution in [-0.4, -0.2) is 49.9 Å². The number of phenolic OH excluding ortho intramolecular Hbond substituents is 3. The topological polar surface area (TPSA) is 161 Å². The lowest BCUT2D eigenvalue weighted by Crippen LogP contribution is -2.45. The van der Waals surface area contributed by atoms with E-state index in [0.29, 0.717) is 6.42 Å². The van der Waals surface area contributed by atoms with Crippen LogP contribution in [0.3, 0.4) is 0 Å². The zero-order valence-corrected chi connectivity index (χ0v) is 16.1. The van der Waals surface area contributed by atoms with Gasteiger partial charge in [0, 0.05) is 22.8 Å². The van der Waals surface area contributed by atoms with Gasteiger partial charge in [-0.15, -0.1) is 0 Å². The summed E-state index contributed by atoms with van der Waals surface area (Å²) < 4.78 is 0. The van der Waals surface area contributed by atoms with E-state index in [1.807, 2.05) is 0 Å². The molecule has 0 fully saturated rings. The minimum atomic E-state index is -1.23. The van der Waals surface area contributed by atoms with Gasteiger partial charge in [0.1, 0.15) is 23.3 Å². The van der Waals surface area contributed by atoms with Crippen LogP contribution in [0.1, 0.15) is 62.5 Å². The molecule has 0 unspecified atom stereocenters. The van der Waals surface area contributed by atoms with Crippen molar-refractivity contribution in [2.45, 2.75) is 26.3 Å². The number of hydrogen-bond donors (Lipinski definition) is 5. The highest BCUT2D eigenvalue weighted by molar-refractivity contribution is 6.30. The first-order valence-electron chi connectivity index (χ1n) is 9.12. The van der Waals surface area contributed by atoms with E-state index in [2.05, 4.69) is 5.32 Å². The van der Waals surface area contributed by atoms with Crippen LogP contribution in [0.4, 0.5) is 0 Å². The Kier molecular flexibility index (Phi) is 5.22. The molecule has 0 aromatic heterocycles. The molecule has 5 N–H and O–H groups in total. The van der Waals surface area contributed by atoms with Gasteiger partial charge in [0.15, 0.2) is 5.78 Å². The van der Waals surface area contributed by atoms with E-state index < -0.39 is 46.7 Å². The van der Waals surface area contributed by atoms with Crippen LogP contribution in [0.5, 0.6) is 17.2 Å². The summed E-state index contributed by atoms with van der Waals surface area (Å²) in [7, 11) is 0. The first-order chi connectivity index (χ1) is 14.1. The number of benzene rings is 2. The fourth-order valence-corrected chi connectivity index (χ4v) is 3.38. The Morgan fingerprint density at radius 3 is 2.07 bits per heavy atom. The van der Waals surface area contributed by atoms with Gasteiger partial charge in [0.25, 0.3) is 5.91 Å². The van der Waals surface area contributed by atoms with Crippen molar-refractivity contribution in [1.82, 2.24) is 5.32 Å². The number of aromatic hydroxyl groups is 3. The highest BCUT2D eigenvalue weighted by Crippen LogP contribution is 2.39. The van der Waals surface area contributed by atoms with Gasteiger partial charge in [-0.2, -0.15) is 0 Å². The molecule has 2 aromatic carbocycles. The highest BCUT2D eigenvalue weighted by atomic mass is 16.4. The number of carboxylic acid groups (broad SMARTS) is 1. The number of nitrogens with one attached hydrogen (secondary N) is 1. The van der Waals surface area contributed by atoms with E-state index in [-0.39, 0.29) is 33.7 Å². The zero-order chi connectivity index (χ0) is 22.3. The second-order valence-electron chi connectivity index (χ2n) is 7.14. The van der Waals surface area contributed by atoms with Crippen molar-refractivity contribution in [2.75, 3.05) is 0 Å². The van der Waals surface area contributed by atoms with Crippen molar-refractivity contribution < 1.29 is 39.6 Å². The molecular weight excluding hydrogens is 394 g/mol. The lowest BCUT2D eigenvalue weighted by Gasteiger charge is -2.22. The third kappa shape index (κ3) is 3.34. The third-order valence-corrected chi connectivity index (χ3v) is 5.19. The van der Waals surface area contributed by atoms with E-state index in [0.717, 1.165) is 24.3 Å². The molecule has 9 heteroatoms. The molecular formula is C21H19NO8. The maximum atomic E-state index is 12.9. The largest absolute Gasteiger partial charge is 0.508 e. The monoisotopic (exact) mass is 413 g/mol. The predicted molar refractivity (Wildman–Crippen MR) is 103 cm³/mol. The highest BCUT2D eigenvalue weighted by Gasteiger charge is 2.36. The molecule has 2 atom stereocenters. The van der Waals surface area contributed by atoms with Crippen LogP contribution in [0.15, 0.2) is 24.3 Å². The zero-order valence-electron chi connectivity index (χ0n) is 16.1. The minimum Gasteiger partial charge on any atom is -0.508 e. The predicted octanol–water partition coefficient (Wildman–Crippen LogP) is 1.81. The van der Waals surface area contributed by atoms with Crippen LogP contribution in [-0.2, 0) is 4.79 Å². The van der Waals surface area contributed by atoms with Gasteiger partial charge in [0.05, 0.1) is 11.1 Å². The van der Waals surface area contributed by atoms with Crippen molar-refractivity contribution >= 4 is 23.4 Å². The van der Waals surface area contributed by atoms with E-state index in [1.165, 1.54) is 0 Å². The summed E-state index contributed by atoms with van der Waals surface area (Å²) in [6.45, 7) is 3.42. The van der Waals surface area contributed by atoms with E-state index in [1.54, 1.807) is 13.8 Å². The normalized spacial score (nSPS) is 14.5. The van der Waals surface area contributed by atoms with E-state index in [4.69, 9.17) is 0 Å². The number of carbonyl (C=O) groups is 4. The van der Waals surface area contributed by atoms with Gasteiger partial charge in [0.2, 0.25) is 5.78 Å². The molecule has 0 saturated carbocycles. The molecule has 0 radical (unpaired) electrons. The number of aliphatic carboxylic acids is 1. The van der Waals surface area contributed by atoms with Crippen molar-refractivity contribution in [3.05, 3.63) is 52.1 Å². The molecule has 1 aliphatic carbocycles. The van der Waals surface area contributed by atoms with Gasteiger partial charge in [-0.05, 0) is 24.1 Å². The van der Waals surface area contributed by atoms with Crippen LogP contribution in [0.25, 0.3) is 0 Å².